The topological polar surface area (TPSA) is 111 Å². The first kappa shape index (κ1) is 30.1. The summed E-state index contributed by atoms with van der Waals surface area (Å²) in [6, 6.07) is 0. The van der Waals surface area contributed by atoms with E-state index in [1.807, 2.05) is 4.57 Å². The number of hydrogen-bond donors (Lipinski definition) is 1. The Bertz CT molecular complexity index is 1100. The number of carbonyl (C=O) groups excluding carboxylic acids is 1. The van der Waals surface area contributed by atoms with Crippen LogP contribution in [0.3, 0.4) is 0 Å². The molecule has 1 aliphatic heterocycles. The molecule has 0 atom stereocenters. The lowest BCUT2D eigenvalue weighted by Gasteiger charge is -2.26. The van der Waals surface area contributed by atoms with Gasteiger partial charge in [0, 0.05) is 33.1 Å². The van der Waals surface area contributed by atoms with E-state index in [1.54, 1.807) is 7.05 Å². The van der Waals surface area contributed by atoms with Crippen molar-refractivity contribution in [2.75, 3.05) is 33.4 Å². The second-order valence-corrected chi connectivity index (χ2v) is 10.5. The number of ether oxygens (including phenoxy) is 2. The average molecular weight is 534 g/mol. The first-order chi connectivity index (χ1) is 18.5. The van der Waals surface area contributed by atoms with Gasteiger partial charge in [-0.15, -0.1) is 0 Å². The summed E-state index contributed by atoms with van der Waals surface area (Å²) in [7, 11) is 3.11. The molecule has 0 aromatic carbocycles. The number of rotatable bonds is 18. The molecule has 0 amide bonds. The highest BCUT2D eigenvalue weighted by atomic mass is 16.5. The lowest BCUT2D eigenvalue weighted by molar-refractivity contribution is -0.140. The highest BCUT2D eigenvalue weighted by Gasteiger charge is 2.20. The van der Waals surface area contributed by atoms with Gasteiger partial charge in [0.2, 0.25) is 0 Å². The van der Waals surface area contributed by atoms with Crippen LogP contribution < -0.4 is 11.2 Å². The van der Waals surface area contributed by atoms with Crippen molar-refractivity contribution in [2.24, 2.45) is 7.05 Å². The zero-order valence-electron chi connectivity index (χ0n) is 23.5. The molecule has 10 nitrogen and oxygen atoms in total. The van der Waals surface area contributed by atoms with Crippen LogP contribution in [0.5, 0.6) is 0 Å². The lowest BCUT2D eigenvalue weighted by Crippen LogP contribution is -2.36. The van der Waals surface area contributed by atoms with Crippen molar-refractivity contribution in [3.63, 3.8) is 0 Å². The summed E-state index contributed by atoms with van der Waals surface area (Å²) in [5, 5.41) is 0. The molecule has 0 saturated carbocycles. The standard InChI is InChI=1S/C28H47N5O5/c1-31-26-25(27(35)30-28(31)36)33(23(29-26)22-32-18-20-38-21-19-32)17-15-13-11-9-7-5-3-4-6-8-10-12-14-16-24(34)37-2/h3-22H2,1-2H3,(H,30,35,36). The number of nitrogens with one attached hydrogen (secondary N) is 1. The number of H-pyrrole nitrogens is 1. The van der Waals surface area contributed by atoms with Crippen molar-refractivity contribution in [1.29, 1.82) is 0 Å². The zero-order chi connectivity index (χ0) is 27.2. The van der Waals surface area contributed by atoms with Crippen molar-refractivity contribution < 1.29 is 14.3 Å². The van der Waals surface area contributed by atoms with Gasteiger partial charge in [-0.2, -0.15) is 0 Å². The fourth-order valence-electron chi connectivity index (χ4n) is 5.19. The van der Waals surface area contributed by atoms with Crippen molar-refractivity contribution >= 4 is 17.1 Å². The smallest absolute Gasteiger partial charge is 0.329 e. The molecule has 0 aliphatic carbocycles. The number of esters is 1. The van der Waals surface area contributed by atoms with Gasteiger partial charge in [0.25, 0.3) is 5.56 Å². The Morgan fingerprint density at radius 1 is 0.895 bits per heavy atom. The van der Waals surface area contributed by atoms with Crippen molar-refractivity contribution in [1.82, 2.24) is 24.0 Å². The molecule has 0 unspecified atom stereocenters. The van der Waals surface area contributed by atoms with Crippen LogP contribution in [0.2, 0.25) is 0 Å². The van der Waals surface area contributed by atoms with Crippen molar-refractivity contribution in [3.05, 3.63) is 26.7 Å². The van der Waals surface area contributed by atoms with Crippen LogP contribution in [0.25, 0.3) is 11.2 Å². The lowest BCUT2D eigenvalue weighted by atomic mass is 10.0. The summed E-state index contributed by atoms with van der Waals surface area (Å²) in [5.74, 6) is 0.745. The molecule has 2 aromatic rings. The third-order valence-electron chi connectivity index (χ3n) is 7.55. The van der Waals surface area contributed by atoms with E-state index >= 15 is 0 Å². The van der Waals surface area contributed by atoms with Gasteiger partial charge in [0.1, 0.15) is 5.82 Å². The van der Waals surface area contributed by atoms with Gasteiger partial charge in [-0.3, -0.25) is 24.0 Å². The molecule has 0 radical (unpaired) electrons. The van der Waals surface area contributed by atoms with E-state index < -0.39 is 5.69 Å². The van der Waals surface area contributed by atoms with Gasteiger partial charge in [-0.25, -0.2) is 9.78 Å². The summed E-state index contributed by atoms with van der Waals surface area (Å²) in [5.41, 5.74) is 0.174. The number of fused-ring (bicyclic) bond motifs is 1. The number of nitrogens with zero attached hydrogens (tertiary/aromatic N) is 4. The Balaban J connectivity index is 1.34. The van der Waals surface area contributed by atoms with Crippen LogP contribution in [0.4, 0.5) is 0 Å². The van der Waals surface area contributed by atoms with Crippen molar-refractivity contribution in [3.8, 4) is 0 Å². The maximum absolute atomic E-state index is 12.7. The molecular formula is C28H47N5O5. The van der Waals surface area contributed by atoms with Gasteiger partial charge < -0.3 is 14.0 Å². The van der Waals surface area contributed by atoms with Gasteiger partial charge in [0.15, 0.2) is 11.2 Å². The number of methoxy groups -OCH3 is 1. The number of aryl methyl sites for hydroxylation is 2. The number of carbonyl (C=O) groups is 1. The Hall–Kier alpha value is -2.46. The molecular weight excluding hydrogens is 486 g/mol. The Morgan fingerprint density at radius 3 is 2.03 bits per heavy atom. The number of aromatic nitrogens is 4. The molecule has 0 bridgehead atoms. The van der Waals surface area contributed by atoms with E-state index in [0.29, 0.717) is 37.3 Å². The van der Waals surface area contributed by atoms with Gasteiger partial charge in [0.05, 0.1) is 26.9 Å². The van der Waals surface area contributed by atoms with Gasteiger partial charge in [-0.1, -0.05) is 70.6 Å². The molecule has 3 heterocycles. The second kappa shape index (κ2) is 16.5. The zero-order valence-corrected chi connectivity index (χ0v) is 23.5. The molecule has 0 spiro atoms. The number of unbranched alkanes of at least 4 members (excludes halogenated alkanes) is 12. The molecule has 38 heavy (non-hydrogen) atoms. The normalized spacial score (nSPS) is 14.4. The average Bonchev–Trinajstić information content (AvgIpc) is 3.28. The largest absolute Gasteiger partial charge is 0.469 e. The van der Waals surface area contributed by atoms with Gasteiger partial charge >= 0.3 is 11.7 Å². The SMILES string of the molecule is COC(=O)CCCCCCCCCCCCCCCn1c(CN2CCOCC2)nc2c1c(=O)[nH]c(=O)n2C. The maximum atomic E-state index is 12.7. The molecule has 1 aliphatic rings. The number of morpholine rings is 1. The van der Waals surface area contributed by atoms with E-state index in [9.17, 15) is 14.4 Å². The number of imidazole rings is 1. The third-order valence-corrected chi connectivity index (χ3v) is 7.55. The van der Waals surface area contributed by atoms with E-state index in [1.165, 1.54) is 69.5 Å². The minimum Gasteiger partial charge on any atom is -0.469 e. The predicted molar refractivity (Wildman–Crippen MR) is 148 cm³/mol. The monoisotopic (exact) mass is 533 g/mol. The minimum absolute atomic E-state index is 0.0999. The molecule has 1 fully saturated rings. The first-order valence-corrected chi connectivity index (χ1v) is 14.6. The summed E-state index contributed by atoms with van der Waals surface area (Å²) in [6.07, 6.45) is 16.1. The summed E-state index contributed by atoms with van der Waals surface area (Å²) < 4.78 is 13.6. The summed E-state index contributed by atoms with van der Waals surface area (Å²) >= 11 is 0. The molecule has 214 valence electrons. The molecule has 1 saturated heterocycles. The van der Waals surface area contributed by atoms with Crippen LogP contribution in [-0.4, -0.2) is 63.4 Å². The summed E-state index contributed by atoms with van der Waals surface area (Å²) in [4.78, 5) is 45.3. The van der Waals surface area contributed by atoms with Crippen LogP contribution >= 0.6 is 0 Å². The summed E-state index contributed by atoms with van der Waals surface area (Å²) in [6.45, 7) is 4.48. The third kappa shape index (κ3) is 9.38. The van der Waals surface area contributed by atoms with Crippen LogP contribution in [0.15, 0.2) is 9.59 Å². The van der Waals surface area contributed by atoms with Crippen LogP contribution in [0.1, 0.15) is 95.7 Å². The minimum atomic E-state index is -0.430. The maximum Gasteiger partial charge on any atom is 0.329 e. The highest BCUT2D eigenvalue weighted by Crippen LogP contribution is 2.17. The van der Waals surface area contributed by atoms with E-state index in [-0.39, 0.29) is 11.5 Å². The van der Waals surface area contributed by atoms with Crippen LogP contribution in [-0.2, 0) is 34.4 Å². The van der Waals surface area contributed by atoms with E-state index in [4.69, 9.17) is 9.72 Å². The molecule has 2 aromatic heterocycles. The second-order valence-electron chi connectivity index (χ2n) is 10.5. The van der Waals surface area contributed by atoms with Gasteiger partial charge in [-0.05, 0) is 12.8 Å². The van der Waals surface area contributed by atoms with E-state index in [0.717, 1.165) is 51.1 Å². The Kier molecular flexibility index (Phi) is 13.1. The van der Waals surface area contributed by atoms with E-state index in [2.05, 4.69) is 14.6 Å². The van der Waals surface area contributed by atoms with Crippen LogP contribution in [0, 0.1) is 0 Å². The Labute approximate surface area is 225 Å². The predicted octanol–water partition coefficient (Wildman–Crippen LogP) is 3.89. The highest BCUT2D eigenvalue weighted by molar-refractivity contribution is 5.70. The molecule has 3 rings (SSSR count). The quantitative estimate of drug-likeness (QED) is 0.229. The Morgan fingerprint density at radius 2 is 1.45 bits per heavy atom. The molecule has 10 heteroatoms. The molecule has 1 N–H and O–H groups in total. The first-order valence-electron chi connectivity index (χ1n) is 14.6. The van der Waals surface area contributed by atoms with Crippen molar-refractivity contribution in [2.45, 2.75) is 103 Å². The number of hydrogen-bond acceptors (Lipinski definition) is 7. The number of aromatic amines is 1. The fourth-order valence-corrected chi connectivity index (χ4v) is 5.19. The fraction of sp³-hybridized carbons (Fsp3) is 0.786.